The number of aryl methyl sites for hydroxylation is 1. The van der Waals surface area contributed by atoms with Crippen molar-refractivity contribution in [1.29, 1.82) is 0 Å². The molecular formula is C29H33FN6O6. The number of urea groups is 1. The van der Waals surface area contributed by atoms with Gasteiger partial charge in [-0.05, 0) is 70.0 Å². The van der Waals surface area contributed by atoms with Crippen molar-refractivity contribution in [1.82, 2.24) is 15.3 Å². The standard InChI is InChI=1S/C29H33FN6O6/c1-15-19(12-31-21-6-5-8-36(25(15)21)28(39)40)18-10-16-11-22(34-26(37)33-17-7-9-41-14-17)32-13-20(16)24(23(18)30)35-27(38)42-29(2,3)4/h10-13,17H,5-9,14H2,1-4H3,(H,35,38)(H,39,40)(H2,32,33,34,37)/t17-/m1/s1. The van der Waals surface area contributed by atoms with Crippen LogP contribution in [0.25, 0.3) is 21.9 Å². The summed E-state index contributed by atoms with van der Waals surface area (Å²) in [5, 5.41) is 18.6. The molecule has 2 aromatic heterocycles. The molecule has 5 rings (SSSR count). The van der Waals surface area contributed by atoms with Gasteiger partial charge in [-0.2, -0.15) is 0 Å². The zero-order chi connectivity index (χ0) is 30.2. The molecule has 4 heterocycles. The number of anilines is 3. The number of fused-ring (bicyclic) bond motifs is 2. The van der Waals surface area contributed by atoms with Crippen molar-refractivity contribution in [3.05, 3.63) is 41.6 Å². The Morgan fingerprint density at radius 3 is 2.62 bits per heavy atom. The van der Waals surface area contributed by atoms with E-state index in [-0.39, 0.29) is 28.5 Å². The van der Waals surface area contributed by atoms with Crippen LogP contribution in [0.4, 0.5) is 36.0 Å². The molecule has 0 spiro atoms. The van der Waals surface area contributed by atoms with Crippen LogP contribution in [0.2, 0.25) is 0 Å². The molecule has 2 aliphatic rings. The Kier molecular flexibility index (Phi) is 7.87. The third-order valence-corrected chi connectivity index (χ3v) is 7.06. The number of pyridine rings is 2. The Balaban J connectivity index is 1.60. The normalized spacial score (nSPS) is 16.6. The number of halogens is 1. The Hall–Kier alpha value is -4.52. The van der Waals surface area contributed by atoms with Crippen LogP contribution in [-0.4, -0.2) is 64.7 Å². The molecule has 0 unspecified atom stereocenters. The molecule has 1 fully saturated rings. The second-order valence-corrected chi connectivity index (χ2v) is 11.3. The van der Waals surface area contributed by atoms with E-state index in [0.29, 0.717) is 66.9 Å². The van der Waals surface area contributed by atoms with Crippen molar-refractivity contribution in [2.24, 2.45) is 0 Å². The van der Waals surface area contributed by atoms with E-state index >= 15 is 4.39 Å². The van der Waals surface area contributed by atoms with Crippen molar-refractivity contribution in [2.45, 2.75) is 58.6 Å². The molecule has 4 N–H and O–H groups in total. The molecule has 42 heavy (non-hydrogen) atoms. The van der Waals surface area contributed by atoms with E-state index in [4.69, 9.17) is 9.47 Å². The van der Waals surface area contributed by atoms with Gasteiger partial charge < -0.3 is 19.9 Å². The molecule has 1 saturated heterocycles. The van der Waals surface area contributed by atoms with Crippen LogP contribution < -0.4 is 20.9 Å². The first kappa shape index (κ1) is 29.0. The molecule has 0 radical (unpaired) electrons. The maximum Gasteiger partial charge on any atom is 0.412 e. The van der Waals surface area contributed by atoms with E-state index in [1.54, 1.807) is 39.8 Å². The summed E-state index contributed by atoms with van der Waals surface area (Å²) in [6.45, 7) is 8.09. The molecule has 12 nitrogen and oxygen atoms in total. The Morgan fingerprint density at radius 1 is 1.14 bits per heavy atom. The first-order valence-corrected chi connectivity index (χ1v) is 13.7. The van der Waals surface area contributed by atoms with Crippen LogP contribution in [0, 0.1) is 12.7 Å². The molecule has 4 amide bonds. The van der Waals surface area contributed by atoms with Crippen molar-refractivity contribution in [2.75, 3.05) is 35.3 Å². The number of carbonyl (C=O) groups is 3. The van der Waals surface area contributed by atoms with E-state index in [1.165, 1.54) is 17.3 Å². The molecule has 1 atom stereocenters. The molecule has 13 heteroatoms. The number of rotatable bonds is 4. The average molecular weight is 581 g/mol. The lowest BCUT2D eigenvalue weighted by molar-refractivity contribution is 0.0635. The lowest BCUT2D eigenvalue weighted by Crippen LogP contribution is -2.38. The minimum atomic E-state index is -1.12. The van der Waals surface area contributed by atoms with Crippen LogP contribution in [-0.2, 0) is 15.9 Å². The first-order valence-electron chi connectivity index (χ1n) is 13.7. The van der Waals surface area contributed by atoms with Gasteiger partial charge in [0.1, 0.15) is 11.4 Å². The predicted molar refractivity (Wildman–Crippen MR) is 155 cm³/mol. The molecule has 0 aliphatic carbocycles. The number of nitrogens with zero attached hydrogens (tertiary/aromatic N) is 3. The summed E-state index contributed by atoms with van der Waals surface area (Å²) in [4.78, 5) is 47.3. The minimum Gasteiger partial charge on any atom is -0.465 e. The van der Waals surface area contributed by atoms with E-state index < -0.39 is 29.6 Å². The minimum absolute atomic E-state index is 0.0852. The second kappa shape index (κ2) is 11.4. The summed E-state index contributed by atoms with van der Waals surface area (Å²) in [5.41, 5.74) is 1.02. The SMILES string of the molecule is Cc1c(-c2cc3cc(NC(=O)N[C@@H]4CCOC4)ncc3c(NC(=O)OC(C)(C)C)c2F)cnc2c1N(C(=O)O)CCC2. The fourth-order valence-corrected chi connectivity index (χ4v) is 5.21. The number of carbonyl (C=O) groups excluding carboxylic acids is 2. The van der Waals surface area contributed by atoms with E-state index in [0.717, 1.165) is 0 Å². The Labute approximate surface area is 241 Å². The Bertz CT molecular complexity index is 1570. The van der Waals surface area contributed by atoms with E-state index in [1.807, 2.05) is 0 Å². The number of hydrogen-bond donors (Lipinski definition) is 4. The van der Waals surface area contributed by atoms with Crippen molar-refractivity contribution in [3.8, 4) is 11.1 Å². The van der Waals surface area contributed by atoms with Crippen LogP contribution in [0.3, 0.4) is 0 Å². The number of ether oxygens (including phenoxy) is 2. The van der Waals surface area contributed by atoms with Crippen LogP contribution >= 0.6 is 0 Å². The summed E-state index contributed by atoms with van der Waals surface area (Å²) in [5.74, 6) is -0.561. The van der Waals surface area contributed by atoms with Gasteiger partial charge in [0.15, 0.2) is 5.82 Å². The largest absolute Gasteiger partial charge is 0.465 e. The van der Waals surface area contributed by atoms with Gasteiger partial charge in [-0.15, -0.1) is 0 Å². The highest BCUT2D eigenvalue weighted by atomic mass is 19.1. The third kappa shape index (κ3) is 6.05. The molecule has 2 aliphatic heterocycles. The van der Waals surface area contributed by atoms with Crippen LogP contribution in [0.1, 0.15) is 44.9 Å². The third-order valence-electron chi connectivity index (χ3n) is 7.06. The van der Waals surface area contributed by atoms with Crippen molar-refractivity contribution in [3.63, 3.8) is 0 Å². The lowest BCUT2D eigenvalue weighted by Gasteiger charge is -2.29. The molecule has 0 bridgehead atoms. The van der Waals surface area contributed by atoms with Gasteiger partial charge in [0.25, 0.3) is 0 Å². The fourth-order valence-electron chi connectivity index (χ4n) is 5.21. The second-order valence-electron chi connectivity index (χ2n) is 11.3. The summed E-state index contributed by atoms with van der Waals surface area (Å²) < 4.78 is 27.0. The summed E-state index contributed by atoms with van der Waals surface area (Å²) in [6, 6.07) is 2.55. The summed E-state index contributed by atoms with van der Waals surface area (Å²) in [7, 11) is 0. The number of hydrogen-bond acceptors (Lipinski definition) is 7. The lowest BCUT2D eigenvalue weighted by atomic mass is 9.94. The van der Waals surface area contributed by atoms with Gasteiger partial charge in [-0.3, -0.25) is 20.5 Å². The number of aromatic nitrogens is 2. The first-order chi connectivity index (χ1) is 19.9. The van der Waals surface area contributed by atoms with Gasteiger partial charge in [-0.1, -0.05) is 0 Å². The van der Waals surface area contributed by atoms with Gasteiger partial charge in [0, 0.05) is 42.1 Å². The molecule has 0 saturated carbocycles. The number of nitrogens with one attached hydrogen (secondary N) is 3. The Morgan fingerprint density at radius 2 is 1.93 bits per heavy atom. The van der Waals surface area contributed by atoms with Gasteiger partial charge >= 0.3 is 18.2 Å². The maximum absolute atomic E-state index is 16.3. The van der Waals surface area contributed by atoms with Gasteiger partial charge in [0.05, 0.1) is 29.7 Å². The molecule has 1 aromatic carbocycles. The predicted octanol–water partition coefficient (Wildman–Crippen LogP) is 5.43. The zero-order valence-electron chi connectivity index (χ0n) is 23.8. The monoisotopic (exact) mass is 580 g/mol. The zero-order valence-corrected chi connectivity index (χ0v) is 23.8. The smallest absolute Gasteiger partial charge is 0.412 e. The molecule has 222 valence electrons. The fraction of sp³-hybridized carbons (Fsp3) is 0.414. The number of benzene rings is 1. The van der Waals surface area contributed by atoms with Gasteiger partial charge in [-0.25, -0.2) is 23.8 Å². The van der Waals surface area contributed by atoms with Gasteiger partial charge in [0.2, 0.25) is 0 Å². The molecule has 3 aromatic rings. The number of carboxylic acid groups (broad SMARTS) is 1. The summed E-state index contributed by atoms with van der Waals surface area (Å²) >= 11 is 0. The quantitative estimate of drug-likeness (QED) is 0.318. The highest BCUT2D eigenvalue weighted by molar-refractivity contribution is 6.05. The maximum atomic E-state index is 16.3. The highest BCUT2D eigenvalue weighted by Gasteiger charge is 2.29. The molecular weight excluding hydrogens is 547 g/mol. The van der Waals surface area contributed by atoms with Crippen molar-refractivity contribution < 1.29 is 33.4 Å². The topological polar surface area (TPSA) is 155 Å². The van der Waals surface area contributed by atoms with Crippen LogP contribution in [0.5, 0.6) is 0 Å². The van der Waals surface area contributed by atoms with E-state index in [2.05, 4.69) is 25.9 Å². The highest BCUT2D eigenvalue weighted by Crippen LogP contribution is 2.40. The number of amides is 4. The van der Waals surface area contributed by atoms with Crippen molar-refractivity contribution >= 4 is 46.2 Å². The summed E-state index contributed by atoms with van der Waals surface area (Å²) in [6.07, 6.45) is 2.82. The average Bonchev–Trinajstić information content (AvgIpc) is 3.42. The van der Waals surface area contributed by atoms with E-state index in [9.17, 15) is 19.5 Å². The van der Waals surface area contributed by atoms with Crippen LogP contribution in [0.15, 0.2) is 24.5 Å².